The molecule has 0 radical (unpaired) electrons. The number of hydrogen-bond acceptors (Lipinski definition) is 2. The Labute approximate surface area is 152 Å². The minimum Gasteiger partial charge on any atom is -0.478 e. The predicted octanol–water partition coefficient (Wildman–Crippen LogP) is 5.81. The van der Waals surface area contributed by atoms with E-state index in [0.717, 1.165) is 12.1 Å². The van der Waals surface area contributed by atoms with Crippen LogP contribution in [0, 0.1) is 0 Å². The highest BCUT2D eigenvalue weighted by molar-refractivity contribution is 6.31. The molecule has 0 spiro atoms. The third-order valence-electron chi connectivity index (χ3n) is 3.27. The third kappa shape index (κ3) is 5.03. The van der Waals surface area contributed by atoms with Crippen molar-refractivity contribution in [2.24, 2.45) is 0 Å². The zero-order valence-corrected chi connectivity index (χ0v) is 14.8. The van der Waals surface area contributed by atoms with Gasteiger partial charge in [-0.25, -0.2) is 0 Å². The summed E-state index contributed by atoms with van der Waals surface area (Å²) in [7, 11) is 0. The van der Waals surface area contributed by atoms with E-state index in [1.807, 2.05) is 0 Å². The van der Waals surface area contributed by atoms with Crippen LogP contribution in [0.4, 0.5) is 18.9 Å². The highest BCUT2D eigenvalue weighted by Gasteiger charge is 2.36. The summed E-state index contributed by atoms with van der Waals surface area (Å²) >= 11 is 11.4. The molecule has 0 bridgehead atoms. The SMILES string of the molecule is CC(C)(Oc1ccc(Cl)cc1)C(=O)Nc1ccc(Cl)cc1C(F)(F)F. The highest BCUT2D eigenvalue weighted by Crippen LogP contribution is 2.37. The van der Waals surface area contributed by atoms with Crippen molar-refractivity contribution >= 4 is 34.8 Å². The number of ether oxygens (including phenoxy) is 1. The number of halogens is 5. The molecule has 3 nitrogen and oxygen atoms in total. The fourth-order valence-electron chi connectivity index (χ4n) is 1.98. The molecule has 0 saturated heterocycles. The standard InChI is InChI=1S/C17H14Cl2F3NO2/c1-16(2,25-12-6-3-10(18)4-7-12)15(24)23-14-8-5-11(19)9-13(14)17(20,21)22/h3-9H,1-2H3,(H,23,24). The number of hydrogen-bond donors (Lipinski definition) is 1. The molecule has 0 unspecified atom stereocenters. The molecule has 134 valence electrons. The monoisotopic (exact) mass is 391 g/mol. The Bertz CT molecular complexity index is 774. The van der Waals surface area contributed by atoms with E-state index < -0.39 is 28.9 Å². The molecule has 0 fully saturated rings. The normalized spacial score (nSPS) is 12.0. The zero-order valence-electron chi connectivity index (χ0n) is 13.2. The molecule has 0 aliphatic heterocycles. The minimum atomic E-state index is -4.66. The van der Waals surface area contributed by atoms with Crippen molar-refractivity contribution in [1.29, 1.82) is 0 Å². The molecule has 0 aromatic heterocycles. The van der Waals surface area contributed by atoms with Crippen molar-refractivity contribution in [3.63, 3.8) is 0 Å². The number of carbonyl (C=O) groups excluding carboxylic acids is 1. The summed E-state index contributed by atoms with van der Waals surface area (Å²) in [6.45, 7) is 2.89. The summed E-state index contributed by atoms with van der Waals surface area (Å²) in [5, 5.41) is 2.66. The predicted molar refractivity (Wildman–Crippen MR) is 91.2 cm³/mol. The van der Waals surface area contributed by atoms with Crippen LogP contribution in [0.15, 0.2) is 42.5 Å². The smallest absolute Gasteiger partial charge is 0.418 e. The van der Waals surface area contributed by atoms with E-state index in [2.05, 4.69) is 5.32 Å². The number of carbonyl (C=O) groups is 1. The van der Waals surface area contributed by atoms with Crippen LogP contribution in [-0.4, -0.2) is 11.5 Å². The maximum Gasteiger partial charge on any atom is 0.418 e. The van der Waals surface area contributed by atoms with Crippen molar-refractivity contribution in [1.82, 2.24) is 0 Å². The van der Waals surface area contributed by atoms with Crippen molar-refractivity contribution in [3.8, 4) is 5.75 Å². The summed E-state index contributed by atoms with van der Waals surface area (Å²) in [6, 6.07) is 9.38. The van der Waals surface area contributed by atoms with Gasteiger partial charge in [-0.1, -0.05) is 23.2 Å². The van der Waals surface area contributed by atoms with Gasteiger partial charge in [-0.05, 0) is 56.3 Å². The van der Waals surface area contributed by atoms with Crippen LogP contribution >= 0.6 is 23.2 Å². The summed E-state index contributed by atoms with van der Waals surface area (Å²) in [4.78, 5) is 12.4. The van der Waals surface area contributed by atoms with E-state index in [4.69, 9.17) is 27.9 Å². The molecular weight excluding hydrogens is 378 g/mol. The van der Waals surface area contributed by atoms with Gasteiger partial charge in [0.25, 0.3) is 5.91 Å². The lowest BCUT2D eigenvalue weighted by molar-refractivity contribution is -0.137. The van der Waals surface area contributed by atoms with Crippen LogP contribution in [-0.2, 0) is 11.0 Å². The molecule has 0 heterocycles. The number of benzene rings is 2. The van der Waals surface area contributed by atoms with Gasteiger partial charge in [-0.3, -0.25) is 4.79 Å². The lowest BCUT2D eigenvalue weighted by Crippen LogP contribution is -2.42. The Morgan fingerprint density at radius 2 is 1.56 bits per heavy atom. The maximum atomic E-state index is 13.1. The number of amides is 1. The first-order chi connectivity index (χ1) is 11.5. The summed E-state index contributed by atoms with van der Waals surface area (Å²) in [5.41, 5.74) is -2.85. The lowest BCUT2D eigenvalue weighted by Gasteiger charge is -2.26. The van der Waals surface area contributed by atoms with E-state index in [-0.39, 0.29) is 5.02 Å². The van der Waals surface area contributed by atoms with Gasteiger partial charge >= 0.3 is 6.18 Å². The average Bonchev–Trinajstić information content (AvgIpc) is 2.50. The first kappa shape index (κ1) is 19.4. The van der Waals surface area contributed by atoms with Gasteiger partial charge in [0, 0.05) is 10.0 Å². The molecule has 0 aliphatic rings. The Hall–Kier alpha value is -1.92. The molecule has 1 N–H and O–H groups in total. The van der Waals surface area contributed by atoms with Crippen molar-refractivity contribution in [3.05, 3.63) is 58.1 Å². The molecule has 2 rings (SSSR count). The molecule has 8 heteroatoms. The molecule has 1 amide bonds. The van der Waals surface area contributed by atoms with Gasteiger partial charge < -0.3 is 10.1 Å². The molecule has 2 aromatic rings. The third-order valence-corrected chi connectivity index (χ3v) is 3.76. The molecular formula is C17H14Cl2F3NO2. The van der Waals surface area contributed by atoms with E-state index >= 15 is 0 Å². The Balaban J connectivity index is 2.22. The first-order valence-corrected chi connectivity index (χ1v) is 7.87. The highest BCUT2D eigenvalue weighted by atomic mass is 35.5. The molecule has 0 aliphatic carbocycles. The van der Waals surface area contributed by atoms with Crippen LogP contribution in [0.1, 0.15) is 19.4 Å². The van der Waals surface area contributed by atoms with Gasteiger partial charge in [0.05, 0.1) is 11.3 Å². The average molecular weight is 392 g/mol. The van der Waals surface area contributed by atoms with Gasteiger partial charge in [-0.15, -0.1) is 0 Å². The van der Waals surface area contributed by atoms with Crippen LogP contribution in [0.5, 0.6) is 5.75 Å². The van der Waals surface area contributed by atoms with Crippen molar-refractivity contribution in [2.75, 3.05) is 5.32 Å². The van der Waals surface area contributed by atoms with Crippen molar-refractivity contribution in [2.45, 2.75) is 25.6 Å². The molecule has 0 atom stereocenters. The second kappa shape index (κ2) is 7.14. The van der Waals surface area contributed by atoms with Crippen molar-refractivity contribution < 1.29 is 22.7 Å². The van der Waals surface area contributed by atoms with E-state index in [0.29, 0.717) is 10.8 Å². The van der Waals surface area contributed by atoms with Crippen LogP contribution in [0.25, 0.3) is 0 Å². The Morgan fingerprint density at radius 1 is 1.00 bits per heavy atom. The number of alkyl halides is 3. The quantitative estimate of drug-likeness (QED) is 0.713. The van der Waals surface area contributed by atoms with E-state index in [9.17, 15) is 18.0 Å². The fraction of sp³-hybridized carbons (Fsp3) is 0.235. The minimum absolute atomic E-state index is 0.0815. The van der Waals surface area contributed by atoms with Crippen LogP contribution in [0.2, 0.25) is 10.0 Å². The van der Waals surface area contributed by atoms with Gasteiger partial charge in [0.15, 0.2) is 5.60 Å². The van der Waals surface area contributed by atoms with Gasteiger partial charge in [-0.2, -0.15) is 13.2 Å². The maximum absolute atomic E-state index is 13.1. The van der Waals surface area contributed by atoms with Crippen LogP contribution in [0.3, 0.4) is 0 Å². The fourth-order valence-corrected chi connectivity index (χ4v) is 2.27. The topological polar surface area (TPSA) is 38.3 Å². The Morgan fingerprint density at radius 3 is 2.12 bits per heavy atom. The second-order valence-electron chi connectivity index (χ2n) is 5.71. The number of nitrogens with one attached hydrogen (secondary N) is 1. The largest absolute Gasteiger partial charge is 0.478 e. The van der Waals surface area contributed by atoms with E-state index in [1.54, 1.807) is 24.3 Å². The molecule has 0 saturated carbocycles. The summed E-state index contributed by atoms with van der Waals surface area (Å²) in [5.74, 6) is -0.382. The summed E-state index contributed by atoms with van der Waals surface area (Å²) < 4.78 is 44.9. The number of anilines is 1. The second-order valence-corrected chi connectivity index (χ2v) is 6.58. The first-order valence-electron chi connectivity index (χ1n) is 7.12. The Kier molecular flexibility index (Phi) is 5.54. The van der Waals surface area contributed by atoms with Crippen LogP contribution < -0.4 is 10.1 Å². The van der Waals surface area contributed by atoms with Gasteiger partial charge in [0.2, 0.25) is 0 Å². The van der Waals surface area contributed by atoms with E-state index in [1.165, 1.54) is 19.9 Å². The van der Waals surface area contributed by atoms with Gasteiger partial charge in [0.1, 0.15) is 5.75 Å². The lowest BCUT2D eigenvalue weighted by atomic mass is 10.1. The molecule has 25 heavy (non-hydrogen) atoms. The zero-order chi connectivity index (χ0) is 18.8. The molecule has 2 aromatic carbocycles. The summed E-state index contributed by atoms with van der Waals surface area (Å²) in [6.07, 6.45) is -4.66. The number of rotatable bonds is 4.